The number of hydrogen-bond donors (Lipinski definition) is 2. The third-order valence-corrected chi connectivity index (χ3v) is 6.41. The van der Waals surface area contributed by atoms with Gasteiger partial charge in [-0.2, -0.15) is 10.2 Å². The van der Waals surface area contributed by atoms with Crippen LogP contribution >= 0.6 is 0 Å². The molecule has 0 spiro atoms. The van der Waals surface area contributed by atoms with E-state index in [4.69, 9.17) is 0 Å². The summed E-state index contributed by atoms with van der Waals surface area (Å²) in [6, 6.07) is 0. The van der Waals surface area contributed by atoms with E-state index in [-0.39, 0.29) is 23.2 Å². The molecule has 0 aromatic carbocycles. The van der Waals surface area contributed by atoms with E-state index in [1.807, 2.05) is 0 Å². The van der Waals surface area contributed by atoms with Gasteiger partial charge in [0, 0.05) is 28.5 Å². The summed E-state index contributed by atoms with van der Waals surface area (Å²) in [4.78, 5) is 4.05. The number of rotatable bonds is 3. The molecule has 2 aliphatic carbocycles. The molecule has 0 radical (unpaired) electrons. The molecule has 124 valence electrons. The average Bonchev–Trinajstić information content (AvgIpc) is 2.85. The third kappa shape index (κ3) is 2.29. The Morgan fingerprint density at radius 1 is 1.39 bits per heavy atom. The molecule has 23 heavy (non-hydrogen) atoms. The van der Waals surface area contributed by atoms with Gasteiger partial charge in [-0.25, -0.2) is 0 Å². The van der Waals surface area contributed by atoms with E-state index < -0.39 is 0 Å². The second-order valence-electron chi connectivity index (χ2n) is 7.57. The van der Waals surface area contributed by atoms with Crippen LogP contribution in [0.5, 0.6) is 5.75 Å². The van der Waals surface area contributed by atoms with Crippen LogP contribution in [0.2, 0.25) is 0 Å². The van der Waals surface area contributed by atoms with Crippen LogP contribution in [0.4, 0.5) is 0 Å². The highest BCUT2D eigenvalue weighted by Gasteiger charge is 2.59. The fourth-order valence-corrected chi connectivity index (χ4v) is 4.16. The van der Waals surface area contributed by atoms with Crippen LogP contribution < -0.4 is 0 Å². The largest absolute Gasteiger partial charge is 0.505 e. The molecule has 1 aromatic rings. The fraction of sp³-hybridized carbons (Fsp3) is 0.611. The number of aliphatic hydroxyl groups is 1. The summed E-state index contributed by atoms with van der Waals surface area (Å²) in [6.07, 6.45) is 6.54. The second kappa shape index (κ2) is 5.41. The van der Waals surface area contributed by atoms with E-state index in [0.717, 1.165) is 12.1 Å². The van der Waals surface area contributed by atoms with Crippen molar-refractivity contribution in [3.63, 3.8) is 0 Å². The van der Waals surface area contributed by atoms with Crippen LogP contribution in [-0.4, -0.2) is 27.1 Å². The van der Waals surface area contributed by atoms with Crippen LogP contribution in [0.25, 0.3) is 0 Å². The Kier molecular flexibility index (Phi) is 3.79. The van der Waals surface area contributed by atoms with Crippen molar-refractivity contribution in [3.05, 3.63) is 23.0 Å². The summed E-state index contributed by atoms with van der Waals surface area (Å²) in [5.74, 6) is 0.742. The number of nitrogens with zero attached hydrogens (tertiary/aromatic N) is 3. The molecule has 2 saturated carbocycles. The zero-order valence-corrected chi connectivity index (χ0v) is 14.3. The van der Waals surface area contributed by atoms with E-state index in [1.54, 1.807) is 13.1 Å². The van der Waals surface area contributed by atoms with Crippen molar-refractivity contribution in [1.82, 2.24) is 4.98 Å². The first-order chi connectivity index (χ1) is 10.8. The second-order valence-corrected chi connectivity index (χ2v) is 7.57. The van der Waals surface area contributed by atoms with Gasteiger partial charge in [0.1, 0.15) is 5.75 Å². The number of aromatic nitrogens is 1. The van der Waals surface area contributed by atoms with Gasteiger partial charge in [0.25, 0.3) is 0 Å². The number of fused-ring (bicyclic) bond motifs is 2. The highest BCUT2D eigenvalue weighted by Crippen LogP contribution is 2.63. The molecule has 0 unspecified atom stereocenters. The minimum atomic E-state index is -0.189. The van der Waals surface area contributed by atoms with Crippen molar-refractivity contribution >= 4 is 11.9 Å². The van der Waals surface area contributed by atoms with Gasteiger partial charge in [0.05, 0.1) is 18.5 Å². The molecule has 2 bridgehead atoms. The number of aryl methyl sites for hydroxylation is 1. The maximum atomic E-state index is 10.1. The van der Waals surface area contributed by atoms with Gasteiger partial charge in [-0.1, -0.05) is 20.8 Å². The predicted molar refractivity (Wildman–Crippen MR) is 90.8 cm³/mol. The Morgan fingerprint density at radius 3 is 2.70 bits per heavy atom. The van der Waals surface area contributed by atoms with Gasteiger partial charge < -0.3 is 10.2 Å². The SMILES string of the molecule is Cc1ncc(CO)c(/C=N/N=C2/C[C@H]3CC[C@@]2(C)C3(C)C)c1O. The normalized spacial score (nSPS) is 30.7. The van der Waals surface area contributed by atoms with Crippen molar-refractivity contribution in [2.75, 3.05) is 0 Å². The van der Waals surface area contributed by atoms with Crippen molar-refractivity contribution < 1.29 is 10.2 Å². The van der Waals surface area contributed by atoms with Gasteiger partial charge in [-0.3, -0.25) is 4.98 Å². The first kappa shape index (κ1) is 16.1. The lowest BCUT2D eigenvalue weighted by molar-refractivity contribution is 0.194. The van der Waals surface area contributed by atoms with Gasteiger partial charge in [0.2, 0.25) is 0 Å². The molecule has 2 atom stereocenters. The lowest BCUT2D eigenvalue weighted by atomic mass is 9.70. The van der Waals surface area contributed by atoms with Gasteiger partial charge >= 0.3 is 0 Å². The topological polar surface area (TPSA) is 78.1 Å². The van der Waals surface area contributed by atoms with E-state index in [1.165, 1.54) is 19.1 Å². The molecule has 3 rings (SSSR count). The van der Waals surface area contributed by atoms with Crippen LogP contribution in [0.15, 0.2) is 16.4 Å². The summed E-state index contributed by atoms with van der Waals surface area (Å²) >= 11 is 0. The summed E-state index contributed by atoms with van der Waals surface area (Å²) in [6.45, 7) is 8.49. The molecule has 0 amide bonds. The van der Waals surface area contributed by atoms with E-state index in [9.17, 15) is 10.2 Å². The monoisotopic (exact) mass is 315 g/mol. The van der Waals surface area contributed by atoms with Gasteiger partial charge in [0.15, 0.2) is 0 Å². The lowest BCUT2D eigenvalue weighted by Gasteiger charge is -2.34. The molecule has 1 aromatic heterocycles. The van der Waals surface area contributed by atoms with Crippen LogP contribution in [0.3, 0.4) is 0 Å². The summed E-state index contributed by atoms with van der Waals surface area (Å²) < 4.78 is 0. The van der Waals surface area contributed by atoms with Crippen LogP contribution in [0.1, 0.15) is 56.9 Å². The van der Waals surface area contributed by atoms with Crippen LogP contribution in [0, 0.1) is 23.7 Å². The Balaban J connectivity index is 1.90. The molecule has 2 fully saturated rings. The zero-order valence-electron chi connectivity index (χ0n) is 14.3. The first-order valence-corrected chi connectivity index (χ1v) is 8.20. The maximum Gasteiger partial charge on any atom is 0.145 e. The number of pyridine rings is 1. The Hall–Kier alpha value is -1.75. The first-order valence-electron chi connectivity index (χ1n) is 8.20. The van der Waals surface area contributed by atoms with Gasteiger partial charge in [-0.15, -0.1) is 0 Å². The number of aliphatic hydroxyl groups excluding tert-OH is 1. The van der Waals surface area contributed by atoms with Crippen LogP contribution in [-0.2, 0) is 6.61 Å². The summed E-state index contributed by atoms with van der Waals surface area (Å²) in [5, 5.41) is 28.2. The highest BCUT2D eigenvalue weighted by molar-refractivity contribution is 5.95. The zero-order chi connectivity index (χ0) is 16.8. The minimum absolute atomic E-state index is 0.0555. The molecule has 2 N–H and O–H groups in total. The molecule has 1 heterocycles. The average molecular weight is 315 g/mol. The van der Waals surface area contributed by atoms with Crippen molar-refractivity contribution in [1.29, 1.82) is 0 Å². The summed E-state index contributed by atoms with van der Waals surface area (Å²) in [7, 11) is 0. The molecule has 2 aliphatic rings. The third-order valence-electron chi connectivity index (χ3n) is 6.41. The Bertz CT molecular complexity index is 694. The quantitative estimate of drug-likeness (QED) is 0.664. The molecular formula is C18H25N3O2. The molecule has 0 saturated heterocycles. The van der Waals surface area contributed by atoms with E-state index in [0.29, 0.717) is 22.7 Å². The lowest BCUT2D eigenvalue weighted by Crippen LogP contribution is -2.32. The Labute approximate surface area is 137 Å². The van der Waals surface area contributed by atoms with Gasteiger partial charge in [-0.05, 0) is 37.5 Å². The van der Waals surface area contributed by atoms with Crippen molar-refractivity contribution in [2.45, 2.75) is 53.6 Å². The molecule has 0 aliphatic heterocycles. The van der Waals surface area contributed by atoms with E-state index >= 15 is 0 Å². The van der Waals surface area contributed by atoms with Crippen molar-refractivity contribution in [3.8, 4) is 5.75 Å². The van der Waals surface area contributed by atoms with E-state index in [2.05, 4.69) is 36.0 Å². The standard InChI is InChI=1S/C18H25N3O2/c1-11-16(23)14(12(10-22)8-19-11)9-20-21-15-7-13-5-6-18(15,4)17(13,2)3/h8-9,13,22-23H,5-7,10H2,1-4H3/b20-9+,21-15-/t13-,18-/m1/s1. The molecule has 5 nitrogen and oxygen atoms in total. The number of hydrogen-bond acceptors (Lipinski definition) is 5. The maximum absolute atomic E-state index is 10.1. The smallest absolute Gasteiger partial charge is 0.145 e. The minimum Gasteiger partial charge on any atom is -0.505 e. The van der Waals surface area contributed by atoms with Crippen molar-refractivity contribution in [2.24, 2.45) is 27.0 Å². The highest BCUT2D eigenvalue weighted by atomic mass is 16.3. The number of aromatic hydroxyl groups is 1. The molecular weight excluding hydrogens is 290 g/mol. The predicted octanol–water partition coefficient (Wildman–Crippen LogP) is 3.21. The fourth-order valence-electron chi connectivity index (χ4n) is 4.16. The Morgan fingerprint density at radius 2 is 2.13 bits per heavy atom. The summed E-state index contributed by atoms with van der Waals surface area (Å²) in [5.41, 5.74) is 3.11. The molecule has 5 heteroatoms.